The first kappa shape index (κ1) is 33.0. The van der Waals surface area contributed by atoms with Crippen LogP contribution in [0.4, 0.5) is 0 Å². The van der Waals surface area contributed by atoms with Crippen molar-refractivity contribution in [3.8, 4) is 0 Å². The predicted molar refractivity (Wildman–Crippen MR) is 122 cm³/mol. The van der Waals surface area contributed by atoms with E-state index in [1.807, 2.05) is 0 Å². The number of nitrogens with one attached hydrogen (secondary N) is 1. The summed E-state index contributed by atoms with van der Waals surface area (Å²) in [4.78, 5) is 35.4. The molecule has 0 saturated heterocycles. The molecule has 0 aromatic rings. The Kier molecular flexibility index (Phi) is 21.2. The van der Waals surface area contributed by atoms with Gasteiger partial charge in [-0.2, -0.15) is 0 Å². The number of carbonyl (C=O) groups is 3. The van der Waals surface area contributed by atoms with Gasteiger partial charge in [0.05, 0.1) is 78.3 Å². The van der Waals surface area contributed by atoms with E-state index in [1.165, 1.54) is 0 Å². The molecule has 1 aliphatic heterocycles. The minimum absolute atomic E-state index is 0.00269. The molecule has 2 atom stereocenters. The van der Waals surface area contributed by atoms with Gasteiger partial charge in [-0.15, -0.1) is 0 Å². The zero-order valence-electron chi connectivity index (χ0n) is 19.9. The van der Waals surface area contributed by atoms with Crippen molar-refractivity contribution in [3.63, 3.8) is 0 Å². The lowest BCUT2D eigenvalue weighted by Gasteiger charge is -2.18. The molecule has 0 spiro atoms. The Morgan fingerprint density at radius 1 is 0.857 bits per heavy atom. The Balaban J connectivity index is 0.000000814. The van der Waals surface area contributed by atoms with Gasteiger partial charge in [-0.1, -0.05) is 0 Å². The van der Waals surface area contributed by atoms with Gasteiger partial charge in [0.15, 0.2) is 0 Å². The zero-order valence-corrected chi connectivity index (χ0v) is 19.9. The van der Waals surface area contributed by atoms with Crippen molar-refractivity contribution in [3.05, 3.63) is 12.2 Å². The minimum atomic E-state index is -0.464. The molecule has 14 nitrogen and oxygen atoms in total. The van der Waals surface area contributed by atoms with Gasteiger partial charge in [0, 0.05) is 38.2 Å². The van der Waals surface area contributed by atoms with Gasteiger partial charge in [0.2, 0.25) is 5.91 Å². The number of nitrogens with two attached hydrogens (primary N) is 1. The van der Waals surface area contributed by atoms with Crippen molar-refractivity contribution < 1.29 is 53.8 Å². The number of amides is 3. The van der Waals surface area contributed by atoms with E-state index in [0.29, 0.717) is 19.8 Å². The van der Waals surface area contributed by atoms with E-state index in [1.54, 1.807) is 0 Å². The number of hydrogen-bond donors (Lipinski definition) is 6. The fourth-order valence-electron chi connectivity index (χ4n) is 2.53. The van der Waals surface area contributed by atoms with E-state index in [9.17, 15) is 14.4 Å². The summed E-state index contributed by atoms with van der Waals surface area (Å²) in [5.41, 5.74) is 5.35. The van der Waals surface area contributed by atoms with Crippen LogP contribution in [-0.2, 0) is 33.3 Å². The highest BCUT2D eigenvalue weighted by Gasteiger charge is 2.23. The summed E-state index contributed by atoms with van der Waals surface area (Å²) in [6, 6.07) is 0. The van der Waals surface area contributed by atoms with Gasteiger partial charge < -0.3 is 50.4 Å². The standard InChI is InChI=1S/C14H22N2O7.C7H17NO4/c17-5-7-22-10-11(23-8-6-18)9-15-12(19)3-4-16-13(20)1-2-14(16)21;8-5-7(12-4-2-10)6-11-3-1-9/h1-2,11,17-18H,3-10H2,(H,15,19);7,9-10H,1-6,8H2. The van der Waals surface area contributed by atoms with Crippen LogP contribution >= 0.6 is 0 Å². The van der Waals surface area contributed by atoms with Crippen molar-refractivity contribution >= 4 is 17.7 Å². The summed E-state index contributed by atoms with van der Waals surface area (Å²) >= 11 is 0. The molecular formula is C21H39N3O11. The second-order valence-corrected chi connectivity index (χ2v) is 6.98. The lowest BCUT2D eigenvalue weighted by atomic mass is 10.3. The Hall–Kier alpha value is -2.01. The third kappa shape index (κ3) is 17.1. The van der Waals surface area contributed by atoms with Gasteiger partial charge in [0.1, 0.15) is 0 Å². The number of hydrogen-bond acceptors (Lipinski definition) is 12. The Bertz CT molecular complexity index is 589. The van der Waals surface area contributed by atoms with Crippen molar-refractivity contribution in [2.75, 3.05) is 85.7 Å². The van der Waals surface area contributed by atoms with Crippen LogP contribution in [0.5, 0.6) is 0 Å². The monoisotopic (exact) mass is 509 g/mol. The molecule has 0 radical (unpaired) electrons. The molecule has 2 unspecified atom stereocenters. The van der Waals surface area contributed by atoms with E-state index >= 15 is 0 Å². The van der Waals surface area contributed by atoms with Gasteiger partial charge >= 0.3 is 0 Å². The molecule has 1 heterocycles. The van der Waals surface area contributed by atoms with Crippen LogP contribution in [0.1, 0.15) is 6.42 Å². The van der Waals surface area contributed by atoms with Crippen LogP contribution < -0.4 is 11.1 Å². The summed E-state index contributed by atoms with van der Waals surface area (Å²) in [5, 5.41) is 36.8. The molecule has 0 aliphatic carbocycles. The van der Waals surface area contributed by atoms with Gasteiger partial charge in [-0.25, -0.2) is 0 Å². The molecule has 0 saturated carbocycles. The zero-order chi connectivity index (χ0) is 26.3. The first-order valence-corrected chi connectivity index (χ1v) is 11.3. The summed E-state index contributed by atoms with van der Waals surface area (Å²) < 4.78 is 20.5. The SMILES string of the molecule is NCC(COCCO)OCCO.O=C(CCN1C(=O)C=CC1=O)NCC(COCCO)OCCO. The third-order valence-corrected chi connectivity index (χ3v) is 4.22. The summed E-state index contributed by atoms with van der Waals surface area (Å²) in [5.74, 6) is -1.19. The Labute approximate surface area is 204 Å². The lowest BCUT2D eigenvalue weighted by Crippen LogP contribution is -2.39. The molecule has 7 N–H and O–H groups in total. The number of imide groups is 1. The quantitative estimate of drug-likeness (QED) is 0.0688. The molecule has 1 aliphatic rings. The van der Waals surface area contributed by atoms with Gasteiger partial charge in [-0.05, 0) is 0 Å². The highest BCUT2D eigenvalue weighted by atomic mass is 16.5. The van der Waals surface area contributed by atoms with Crippen molar-refractivity contribution in [2.45, 2.75) is 18.6 Å². The smallest absolute Gasteiger partial charge is 0.253 e. The molecular weight excluding hydrogens is 470 g/mol. The van der Waals surface area contributed by atoms with E-state index in [4.69, 9.17) is 45.1 Å². The fraction of sp³-hybridized carbons (Fsp3) is 0.762. The molecule has 204 valence electrons. The van der Waals surface area contributed by atoms with Crippen LogP contribution in [0.3, 0.4) is 0 Å². The highest BCUT2D eigenvalue weighted by molar-refractivity contribution is 6.13. The molecule has 35 heavy (non-hydrogen) atoms. The van der Waals surface area contributed by atoms with Crippen molar-refractivity contribution in [2.24, 2.45) is 5.73 Å². The first-order chi connectivity index (χ1) is 16.9. The number of rotatable bonds is 20. The Morgan fingerprint density at radius 2 is 1.34 bits per heavy atom. The third-order valence-electron chi connectivity index (χ3n) is 4.22. The maximum absolute atomic E-state index is 11.8. The Morgan fingerprint density at radius 3 is 1.83 bits per heavy atom. The van der Waals surface area contributed by atoms with Crippen molar-refractivity contribution in [1.82, 2.24) is 10.2 Å². The number of aliphatic hydroxyl groups excluding tert-OH is 4. The summed E-state index contributed by atoms with van der Waals surface area (Å²) in [6.07, 6.45) is 1.66. The molecule has 14 heteroatoms. The van der Waals surface area contributed by atoms with Crippen molar-refractivity contribution in [1.29, 1.82) is 0 Å². The number of nitrogens with zero attached hydrogens (tertiary/aromatic N) is 1. The summed E-state index contributed by atoms with van der Waals surface area (Å²) in [7, 11) is 0. The molecule has 0 aromatic heterocycles. The number of aliphatic hydroxyl groups is 4. The van der Waals surface area contributed by atoms with E-state index in [2.05, 4.69) is 5.32 Å². The van der Waals surface area contributed by atoms with E-state index in [0.717, 1.165) is 17.1 Å². The maximum atomic E-state index is 11.8. The van der Waals surface area contributed by atoms with Gasteiger partial charge in [-0.3, -0.25) is 19.3 Å². The minimum Gasteiger partial charge on any atom is -0.394 e. The van der Waals surface area contributed by atoms with E-state index in [-0.39, 0.29) is 84.4 Å². The van der Waals surface area contributed by atoms with Crippen LogP contribution in [0.2, 0.25) is 0 Å². The van der Waals surface area contributed by atoms with Crippen LogP contribution in [0.15, 0.2) is 12.2 Å². The highest BCUT2D eigenvalue weighted by Crippen LogP contribution is 2.04. The first-order valence-electron chi connectivity index (χ1n) is 11.3. The van der Waals surface area contributed by atoms with Gasteiger partial charge in [0.25, 0.3) is 11.8 Å². The molecule has 0 bridgehead atoms. The van der Waals surface area contributed by atoms with Crippen LogP contribution in [0.25, 0.3) is 0 Å². The second kappa shape index (κ2) is 22.5. The lowest BCUT2D eigenvalue weighted by molar-refractivity contribution is -0.137. The maximum Gasteiger partial charge on any atom is 0.253 e. The normalized spacial score (nSPS) is 14.6. The van der Waals surface area contributed by atoms with E-state index < -0.39 is 17.9 Å². The largest absolute Gasteiger partial charge is 0.394 e. The second-order valence-electron chi connectivity index (χ2n) is 6.98. The van der Waals surface area contributed by atoms with Crippen LogP contribution in [-0.4, -0.2) is 141 Å². The fourth-order valence-corrected chi connectivity index (χ4v) is 2.53. The molecule has 1 rings (SSSR count). The summed E-state index contributed by atoms with van der Waals surface area (Å²) in [6.45, 7) is 1.56. The average molecular weight is 510 g/mol. The van der Waals surface area contributed by atoms with Crippen LogP contribution in [0, 0.1) is 0 Å². The number of carbonyl (C=O) groups excluding carboxylic acids is 3. The topological polar surface area (TPSA) is 210 Å². The average Bonchev–Trinajstić information content (AvgIpc) is 3.18. The predicted octanol–water partition coefficient (Wildman–Crippen LogP) is -3.86. The number of ether oxygens (including phenoxy) is 4. The molecule has 0 aromatic carbocycles. The molecule has 3 amide bonds. The molecule has 0 fully saturated rings.